The summed E-state index contributed by atoms with van der Waals surface area (Å²) in [5.74, 6) is -0.502. The van der Waals surface area contributed by atoms with Crippen LogP contribution >= 0.6 is 46.0 Å². The molecule has 1 N–H and O–H groups in total. The molecule has 10 nitrogen and oxygen atoms in total. The molecule has 2 aromatic rings. The van der Waals surface area contributed by atoms with E-state index in [1.807, 2.05) is 29.5 Å². The molecule has 0 aliphatic carbocycles. The molecule has 0 radical (unpaired) electrons. The number of carbonyl (C=O) groups is 4. The van der Waals surface area contributed by atoms with Crippen LogP contribution in [0, 0.1) is 10.5 Å². The van der Waals surface area contributed by atoms with Crippen LogP contribution in [-0.4, -0.2) is 79.3 Å². The summed E-state index contributed by atoms with van der Waals surface area (Å²) in [4.78, 5) is 53.1. The van der Waals surface area contributed by atoms with Crippen LogP contribution < -0.4 is 14.8 Å². The fourth-order valence-electron chi connectivity index (χ4n) is 3.80. The van der Waals surface area contributed by atoms with E-state index in [1.54, 1.807) is 41.3 Å². The Morgan fingerprint density at radius 3 is 2.64 bits per heavy atom. The maximum Gasteiger partial charge on any atom is 0.294 e. The Hall–Kier alpha value is -2.81. The maximum absolute atomic E-state index is 12.9. The normalized spacial score (nSPS) is 16.6. The number of carbonyl (C=O) groups excluding carboxylic acids is 4. The number of benzene rings is 2. The van der Waals surface area contributed by atoms with Gasteiger partial charge >= 0.3 is 0 Å². The highest BCUT2D eigenvalue weighted by atomic mass is 127. The average Bonchev–Trinajstić information content (AvgIpc) is 3.17. The predicted octanol–water partition coefficient (Wildman–Crippen LogP) is 4.17. The van der Waals surface area contributed by atoms with Crippen LogP contribution in [0.1, 0.15) is 11.1 Å². The van der Waals surface area contributed by atoms with Crippen molar-refractivity contribution >= 4 is 80.7 Å². The van der Waals surface area contributed by atoms with Gasteiger partial charge in [-0.05, 0) is 82.7 Å². The SMILES string of the molecule is COc1cc(/C=C2\SC(=O)N(CC(=O)N3CCOCC3)C2=O)cc(I)c1OCC(=O)Nc1ccc(C)c(Cl)c1. The second-order valence-electron chi connectivity index (χ2n) is 8.60. The van der Waals surface area contributed by atoms with Gasteiger partial charge in [0.2, 0.25) is 5.91 Å². The van der Waals surface area contributed by atoms with Crippen molar-refractivity contribution in [2.45, 2.75) is 6.92 Å². The van der Waals surface area contributed by atoms with Gasteiger partial charge in [0.15, 0.2) is 18.1 Å². The van der Waals surface area contributed by atoms with Gasteiger partial charge in [0.05, 0.1) is 28.8 Å². The maximum atomic E-state index is 12.9. The van der Waals surface area contributed by atoms with E-state index in [1.165, 1.54) is 7.11 Å². The number of methoxy groups -OCH3 is 1. The van der Waals surface area contributed by atoms with Crippen LogP contribution in [0.15, 0.2) is 35.2 Å². The van der Waals surface area contributed by atoms with Gasteiger partial charge in [-0.1, -0.05) is 17.7 Å². The molecule has 2 aliphatic heterocycles. The van der Waals surface area contributed by atoms with Crippen LogP contribution in [0.2, 0.25) is 5.02 Å². The summed E-state index contributed by atoms with van der Waals surface area (Å²) >= 11 is 8.93. The number of anilines is 1. The Labute approximate surface area is 248 Å². The number of amides is 4. The van der Waals surface area contributed by atoms with Crippen LogP contribution in [0.4, 0.5) is 10.5 Å². The van der Waals surface area contributed by atoms with Gasteiger partial charge in [0.1, 0.15) is 6.54 Å². The molecule has 13 heteroatoms. The quantitative estimate of drug-likeness (QED) is 0.326. The Morgan fingerprint density at radius 2 is 1.95 bits per heavy atom. The second kappa shape index (κ2) is 13.0. The van der Waals surface area contributed by atoms with Crippen molar-refractivity contribution in [3.63, 3.8) is 0 Å². The lowest BCUT2D eigenvalue weighted by Crippen LogP contribution is -2.46. The largest absolute Gasteiger partial charge is 0.493 e. The van der Waals surface area contributed by atoms with Gasteiger partial charge in [-0.25, -0.2) is 0 Å². The number of rotatable bonds is 8. The van der Waals surface area contributed by atoms with Crippen LogP contribution in [0.25, 0.3) is 6.08 Å². The highest BCUT2D eigenvalue weighted by Gasteiger charge is 2.37. The molecule has 2 saturated heterocycles. The van der Waals surface area contributed by atoms with Crippen molar-refractivity contribution < 1.29 is 33.4 Å². The molecule has 0 spiro atoms. The molecule has 206 valence electrons. The van der Waals surface area contributed by atoms with Crippen molar-refractivity contribution in [1.29, 1.82) is 0 Å². The predicted molar refractivity (Wildman–Crippen MR) is 156 cm³/mol. The zero-order valence-corrected chi connectivity index (χ0v) is 24.9. The number of imide groups is 1. The fourth-order valence-corrected chi connectivity index (χ4v) is 5.60. The summed E-state index contributed by atoms with van der Waals surface area (Å²) in [7, 11) is 1.46. The van der Waals surface area contributed by atoms with Gasteiger partial charge in [-0.2, -0.15) is 0 Å². The van der Waals surface area contributed by atoms with Gasteiger partial charge in [-0.15, -0.1) is 0 Å². The zero-order chi connectivity index (χ0) is 28.1. The first-order valence-corrected chi connectivity index (χ1v) is 14.1. The highest BCUT2D eigenvalue weighted by Crippen LogP contribution is 2.37. The molecule has 2 aromatic carbocycles. The lowest BCUT2D eigenvalue weighted by Gasteiger charge is -2.28. The van der Waals surface area contributed by atoms with Crippen LogP contribution in [0.3, 0.4) is 0 Å². The molecule has 39 heavy (non-hydrogen) atoms. The van der Waals surface area contributed by atoms with E-state index >= 15 is 0 Å². The van der Waals surface area contributed by atoms with Crippen LogP contribution in [-0.2, 0) is 19.1 Å². The molecule has 0 atom stereocenters. The molecular weight excluding hydrogens is 661 g/mol. The summed E-state index contributed by atoms with van der Waals surface area (Å²) in [6, 6.07) is 8.59. The molecular formula is C26H25ClIN3O7S. The van der Waals surface area contributed by atoms with Crippen molar-refractivity contribution in [2.24, 2.45) is 0 Å². The summed E-state index contributed by atoms with van der Waals surface area (Å²) in [6.45, 7) is 3.01. The minimum absolute atomic E-state index is 0.192. The molecule has 2 fully saturated rings. The average molecular weight is 686 g/mol. The number of nitrogens with one attached hydrogen (secondary N) is 1. The first kappa shape index (κ1) is 29.2. The van der Waals surface area contributed by atoms with Gasteiger partial charge < -0.3 is 24.4 Å². The Balaban J connectivity index is 1.42. The molecule has 4 rings (SSSR count). The van der Waals surface area contributed by atoms with E-state index in [-0.39, 0.29) is 29.9 Å². The van der Waals surface area contributed by atoms with Crippen molar-refractivity contribution in [3.05, 3.63) is 55.0 Å². The monoisotopic (exact) mass is 685 g/mol. The van der Waals surface area contributed by atoms with Crippen molar-refractivity contribution in [1.82, 2.24) is 9.80 Å². The van der Waals surface area contributed by atoms with E-state index < -0.39 is 11.1 Å². The molecule has 0 aromatic heterocycles. The van der Waals surface area contributed by atoms with Gasteiger partial charge in [0.25, 0.3) is 17.1 Å². The van der Waals surface area contributed by atoms with Gasteiger partial charge in [-0.3, -0.25) is 24.1 Å². The molecule has 2 heterocycles. The Morgan fingerprint density at radius 1 is 1.21 bits per heavy atom. The molecule has 0 bridgehead atoms. The summed E-state index contributed by atoms with van der Waals surface area (Å²) < 4.78 is 17.1. The Bertz CT molecular complexity index is 1350. The number of hydrogen-bond donors (Lipinski definition) is 1. The summed E-state index contributed by atoms with van der Waals surface area (Å²) in [5.41, 5.74) is 2.04. The standard InChI is InChI=1S/C26H25ClIN3O7S/c1-15-3-4-17(12-18(15)27)29-22(32)14-38-24-19(28)9-16(10-20(24)36-2)11-21-25(34)31(26(35)39-21)13-23(33)30-5-7-37-8-6-30/h3-4,9-12H,5-8,13-14H2,1-2H3,(H,29,32)/b21-11-. The van der Waals surface area contributed by atoms with E-state index in [2.05, 4.69) is 5.32 Å². The van der Waals surface area contributed by atoms with E-state index in [0.29, 0.717) is 57.6 Å². The van der Waals surface area contributed by atoms with Crippen LogP contribution in [0.5, 0.6) is 11.5 Å². The summed E-state index contributed by atoms with van der Waals surface area (Å²) in [6.07, 6.45) is 1.56. The third kappa shape index (κ3) is 7.24. The van der Waals surface area contributed by atoms with E-state index in [0.717, 1.165) is 22.2 Å². The number of hydrogen-bond acceptors (Lipinski definition) is 8. The number of thioether (sulfide) groups is 1. The molecule has 4 amide bonds. The topological polar surface area (TPSA) is 114 Å². The van der Waals surface area contributed by atoms with E-state index in [4.69, 9.17) is 25.8 Å². The first-order valence-electron chi connectivity index (χ1n) is 11.8. The second-order valence-corrected chi connectivity index (χ2v) is 11.2. The Kier molecular flexibility index (Phi) is 9.75. The van der Waals surface area contributed by atoms with Crippen molar-refractivity contribution in [3.8, 4) is 11.5 Å². The molecule has 2 aliphatic rings. The minimum Gasteiger partial charge on any atom is -0.493 e. The number of morpholine rings is 1. The highest BCUT2D eigenvalue weighted by molar-refractivity contribution is 14.1. The lowest BCUT2D eigenvalue weighted by molar-refractivity contribution is -0.139. The zero-order valence-electron chi connectivity index (χ0n) is 21.1. The molecule has 0 unspecified atom stereocenters. The molecule has 0 saturated carbocycles. The minimum atomic E-state index is -0.534. The third-order valence-corrected chi connectivity index (χ3v) is 8.00. The van der Waals surface area contributed by atoms with Crippen molar-refractivity contribution in [2.75, 3.05) is 51.9 Å². The number of nitrogens with zero attached hydrogens (tertiary/aromatic N) is 2. The first-order chi connectivity index (χ1) is 18.7. The smallest absolute Gasteiger partial charge is 0.294 e. The number of halogens is 2. The fraction of sp³-hybridized carbons (Fsp3) is 0.308. The lowest BCUT2D eigenvalue weighted by atomic mass is 10.2. The van der Waals surface area contributed by atoms with Gasteiger partial charge in [0, 0.05) is 23.8 Å². The van der Waals surface area contributed by atoms with E-state index in [9.17, 15) is 19.2 Å². The summed E-state index contributed by atoms with van der Waals surface area (Å²) in [5, 5.41) is 2.77. The number of ether oxygens (including phenoxy) is 3. The third-order valence-electron chi connectivity index (χ3n) is 5.88. The number of aryl methyl sites for hydroxylation is 1.